The Morgan fingerprint density at radius 3 is 2.39 bits per heavy atom. The second-order valence-corrected chi connectivity index (χ2v) is 8.12. The molecule has 1 amide bonds. The van der Waals surface area contributed by atoms with Crippen molar-refractivity contribution in [3.63, 3.8) is 0 Å². The number of nitrogens with zero attached hydrogens (tertiary/aromatic N) is 4. The summed E-state index contributed by atoms with van der Waals surface area (Å²) in [5.74, 6) is -1.93. The van der Waals surface area contributed by atoms with E-state index in [1.54, 1.807) is 35.4 Å². The third-order valence-corrected chi connectivity index (χ3v) is 5.90. The fourth-order valence-corrected chi connectivity index (χ4v) is 4.19. The number of aryl methyl sites for hydroxylation is 1. The summed E-state index contributed by atoms with van der Waals surface area (Å²) in [5.41, 5.74) is 2.56. The molecule has 0 N–H and O–H groups in total. The van der Waals surface area contributed by atoms with Crippen molar-refractivity contribution in [1.29, 1.82) is 0 Å². The summed E-state index contributed by atoms with van der Waals surface area (Å²) in [6, 6.07) is 14.8. The Morgan fingerprint density at radius 2 is 1.71 bits per heavy atom. The van der Waals surface area contributed by atoms with Crippen LogP contribution in [-0.2, 0) is 0 Å². The number of anilines is 1. The zero-order chi connectivity index (χ0) is 21.1. The molecule has 0 radical (unpaired) electrons. The van der Waals surface area contributed by atoms with E-state index in [9.17, 15) is 13.6 Å². The van der Waals surface area contributed by atoms with E-state index in [-0.39, 0.29) is 18.3 Å². The molecule has 164 valence electrons. The maximum absolute atomic E-state index is 12.9. The molecule has 0 saturated carbocycles. The van der Waals surface area contributed by atoms with Crippen LogP contribution in [0.2, 0.25) is 0 Å². The minimum atomic E-state index is -2.56. The number of halogens is 3. The molecule has 1 aromatic heterocycles. The van der Waals surface area contributed by atoms with Gasteiger partial charge in [-0.15, -0.1) is 12.4 Å². The van der Waals surface area contributed by atoms with E-state index in [1.807, 2.05) is 17.7 Å². The van der Waals surface area contributed by atoms with Crippen LogP contribution >= 0.6 is 24.2 Å². The Balaban J connectivity index is 0.00000272. The average molecular weight is 465 g/mol. The van der Waals surface area contributed by atoms with Gasteiger partial charge in [0, 0.05) is 49.2 Å². The highest BCUT2D eigenvalue weighted by Crippen LogP contribution is 2.29. The number of piperazine rings is 1. The summed E-state index contributed by atoms with van der Waals surface area (Å²) >= 11 is 0.412. The zero-order valence-corrected chi connectivity index (χ0v) is 18.6. The molecular formula is C22H23ClF2N4OS. The van der Waals surface area contributed by atoms with Crippen molar-refractivity contribution in [3.8, 4) is 5.69 Å². The fraction of sp³-hybridized carbons (Fsp3) is 0.273. The van der Waals surface area contributed by atoms with Gasteiger partial charge in [0.2, 0.25) is 5.95 Å². The number of carbonyl (C=O) groups is 1. The molecular weight excluding hydrogens is 442 g/mol. The molecule has 31 heavy (non-hydrogen) atoms. The van der Waals surface area contributed by atoms with Crippen molar-refractivity contribution in [1.82, 2.24) is 14.5 Å². The number of rotatable bonds is 5. The molecule has 5 nitrogen and oxygen atoms in total. The molecule has 2 heterocycles. The van der Waals surface area contributed by atoms with Crippen LogP contribution in [0, 0.1) is 6.92 Å². The first-order chi connectivity index (χ1) is 14.5. The Bertz CT molecular complexity index is 1020. The minimum Gasteiger partial charge on any atom is -0.338 e. The minimum absolute atomic E-state index is 0. The smallest absolute Gasteiger partial charge is 0.288 e. The molecule has 1 aliphatic heterocycles. The van der Waals surface area contributed by atoms with Crippen LogP contribution in [0.25, 0.3) is 5.69 Å². The third kappa shape index (κ3) is 5.19. The van der Waals surface area contributed by atoms with E-state index in [2.05, 4.69) is 34.1 Å². The molecule has 2 aromatic carbocycles. The van der Waals surface area contributed by atoms with Crippen molar-refractivity contribution < 1.29 is 13.6 Å². The monoisotopic (exact) mass is 464 g/mol. The van der Waals surface area contributed by atoms with Gasteiger partial charge in [0.05, 0.1) is 5.56 Å². The van der Waals surface area contributed by atoms with Crippen LogP contribution in [-0.4, -0.2) is 52.3 Å². The van der Waals surface area contributed by atoms with Gasteiger partial charge in [-0.3, -0.25) is 9.36 Å². The highest BCUT2D eigenvalue weighted by atomic mass is 35.5. The van der Waals surface area contributed by atoms with Crippen molar-refractivity contribution in [2.24, 2.45) is 0 Å². The van der Waals surface area contributed by atoms with Crippen LogP contribution in [0.5, 0.6) is 0 Å². The number of alkyl halides is 2. The van der Waals surface area contributed by atoms with Gasteiger partial charge in [-0.1, -0.05) is 41.6 Å². The molecule has 9 heteroatoms. The lowest BCUT2D eigenvalue weighted by atomic mass is 10.2. The van der Waals surface area contributed by atoms with E-state index >= 15 is 0 Å². The summed E-state index contributed by atoms with van der Waals surface area (Å²) in [6.45, 7) is 4.31. The summed E-state index contributed by atoms with van der Waals surface area (Å²) in [6.07, 6.45) is 3.69. The van der Waals surface area contributed by atoms with Gasteiger partial charge in [-0.25, -0.2) is 4.98 Å². The predicted molar refractivity (Wildman–Crippen MR) is 122 cm³/mol. The molecule has 0 aliphatic carbocycles. The van der Waals surface area contributed by atoms with Crippen molar-refractivity contribution in [2.45, 2.75) is 17.6 Å². The Kier molecular flexibility index (Phi) is 7.56. The molecule has 0 unspecified atom stereocenters. The number of imidazole rings is 1. The Labute approximate surface area is 190 Å². The lowest BCUT2D eigenvalue weighted by Crippen LogP contribution is -2.49. The number of aromatic nitrogens is 2. The maximum atomic E-state index is 12.9. The van der Waals surface area contributed by atoms with Crippen molar-refractivity contribution in [3.05, 3.63) is 72.1 Å². The topological polar surface area (TPSA) is 41.4 Å². The first-order valence-corrected chi connectivity index (χ1v) is 10.6. The van der Waals surface area contributed by atoms with Crippen LogP contribution in [0.15, 0.2) is 65.8 Å². The van der Waals surface area contributed by atoms with Crippen molar-refractivity contribution in [2.75, 3.05) is 31.1 Å². The van der Waals surface area contributed by atoms with Gasteiger partial charge < -0.3 is 9.80 Å². The van der Waals surface area contributed by atoms with Gasteiger partial charge >= 0.3 is 0 Å². The summed E-state index contributed by atoms with van der Waals surface area (Å²) in [4.78, 5) is 21.6. The number of benzene rings is 2. The number of thioether (sulfide) groups is 1. The average Bonchev–Trinajstić information content (AvgIpc) is 3.24. The van der Waals surface area contributed by atoms with E-state index in [0.29, 0.717) is 48.4 Å². The number of carbonyl (C=O) groups excluding carboxylic acids is 1. The summed E-state index contributed by atoms with van der Waals surface area (Å²) in [7, 11) is 0. The molecule has 0 spiro atoms. The zero-order valence-electron chi connectivity index (χ0n) is 16.9. The molecule has 0 bridgehead atoms. The van der Waals surface area contributed by atoms with Crippen LogP contribution < -0.4 is 4.90 Å². The molecule has 1 aliphatic rings. The first-order valence-electron chi connectivity index (χ1n) is 9.71. The lowest BCUT2D eigenvalue weighted by Gasteiger charge is -2.35. The second kappa shape index (κ2) is 10.2. The first kappa shape index (κ1) is 23.1. The summed E-state index contributed by atoms with van der Waals surface area (Å²) in [5, 5.41) is 0. The highest BCUT2D eigenvalue weighted by molar-refractivity contribution is 7.99. The molecule has 3 aromatic rings. The van der Waals surface area contributed by atoms with E-state index < -0.39 is 5.76 Å². The van der Waals surface area contributed by atoms with Crippen LogP contribution in [0.3, 0.4) is 0 Å². The lowest BCUT2D eigenvalue weighted by molar-refractivity contribution is 0.0742. The fourth-order valence-electron chi connectivity index (χ4n) is 3.56. The second-order valence-electron chi connectivity index (χ2n) is 7.09. The predicted octanol–water partition coefficient (Wildman–Crippen LogP) is 4.88. The largest absolute Gasteiger partial charge is 0.338 e. The van der Waals surface area contributed by atoms with Gasteiger partial charge in [0.1, 0.15) is 0 Å². The number of hydrogen-bond donors (Lipinski definition) is 0. The summed E-state index contributed by atoms with van der Waals surface area (Å²) < 4.78 is 27.7. The van der Waals surface area contributed by atoms with E-state index in [4.69, 9.17) is 0 Å². The molecule has 1 saturated heterocycles. The molecule has 0 atom stereocenters. The third-order valence-electron chi connectivity index (χ3n) is 5.12. The molecule has 1 fully saturated rings. The van der Waals surface area contributed by atoms with E-state index in [0.717, 1.165) is 11.6 Å². The Morgan fingerprint density at radius 1 is 1.03 bits per heavy atom. The number of amides is 1. The quantitative estimate of drug-likeness (QED) is 0.505. The van der Waals surface area contributed by atoms with E-state index in [1.165, 1.54) is 5.56 Å². The highest BCUT2D eigenvalue weighted by Gasteiger charge is 2.26. The molecule has 4 rings (SSSR count). The van der Waals surface area contributed by atoms with Crippen LogP contribution in [0.4, 0.5) is 14.7 Å². The normalized spacial score (nSPS) is 13.9. The number of hydrogen-bond acceptors (Lipinski definition) is 4. The standard InChI is InChI=1S/C22H22F2N4OS.ClH/c1-16-6-8-17(9-7-16)28-11-10-25-22(28)27-14-12-26(13-15-27)20(29)18-4-2-3-5-19(18)30-21(23)24;/h2-11,21H,12-15H2,1H3;1H. The SMILES string of the molecule is Cc1ccc(-n2ccnc2N2CCN(C(=O)c3ccccc3SC(F)F)CC2)cc1.Cl. The van der Waals surface area contributed by atoms with Gasteiger partial charge in [-0.05, 0) is 31.2 Å². The van der Waals surface area contributed by atoms with Crippen molar-refractivity contribution >= 4 is 36.0 Å². The Hall–Kier alpha value is -2.58. The maximum Gasteiger partial charge on any atom is 0.288 e. The van der Waals surface area contributed by atoms with Gasteiger partial charge in [-0.2, -0.15) is 8.78 Å². The van der Waals surface area contributed by atoms with Gasteiger partial charge in [0.15, 0.2) is 0 Å². The van der Waals surface area contributed by atoms with Crippen LogP contribution in [0.1, 0.15) is 15.9 Å². The van der Waals surface area contributed by atoms with Gasteiger partial charge in [0.25, 0.3) is 11.7 Å².